The predicted molar refractivity (Wildman–Crippen MR) is 142 cm³/mol. The highest BCUT2D eigenvalue weighted by molar-refractivity contribution is 7.80. The monoisotopic (exact) mass is 564 g/mol. The Bertz CT molecular complexity index is 1540. The Labute approximate surface area is 231 Å². The molecule has 0 heterocycles. The second-order valence-electron chi connectivity index (χ2n) is 8.40. The standard InChI is InChI=1S/C29H24O10S/c1-19-12-13-26(27(14-19)28(30)31)29(32)37-22-8-5-11-25(16-22)40(34)39-24-10-4-9-23(15-24)38-36-18-21-7-3-2-6-20(21)17-35-33/h2-16,33H,17-18H2,1H3,(H,30,31). The molecule has 4 aromatic rings. The van der Waals surface area contributed by atoms with Crippen LogP contribution >= 0.6 is 0 Å². The first-order valence-electron chi connectivity index (χ1n) is 11.8. The highest BCUT2D eigenvalue weighted by Gasteiger charge is 2.19. The maximum Gasteiger partial charge on any atom is 0.344 e. The van der Waals surface area contributed by atoms with E-state index < -0.39 is 23.0 Å². The van der Waals surface area contributed by atoms with Crippen molar-refractivity contribution in [2.24, 2.45) is 0 Å². The molecule has 0 saturated heterocycles. The third kappa shape index (κ3) is 7.52. The zero-order valence-electron chi connectivity index (χ0n) is 21.1. The van der Waals surface area contributed by atoms with Crippen LogP contribution in [-0.2, 0) is 34.1 Å². The summed E-state index contributed by atoms with van der Waals surface area (Å²) in [6.45, 7) is 1.80. The van der Waals surface area contributed by atoms with Crippen LogP contribution in [0.5, 0.6) is 17.2 Å². The Balaban J connectivity index is 1.38. The molecule has 10 nitrogen and oxygen atoms in total. The van der Waals surface area contributed by atoms with Crippen LogP contribution in [0.25, 0.3) is 0 Å². The molecule has 40 heavy (non-hydrogen) atoms. The van der Waals surface area contributed by atoms with E-state index in [0.717, 1.165) is 11.1 Å². The predicted octanol–water partition coefficient (Wildman–Crippen LogP) is 5.51. The van der Waals surface area contributed by atoms with E-state index in [4.69, 9.17) is 24.0 Å². The Kier molecular flexibility index (Phi) is 9.60. The fourth-order valence-corrected chi connectivity index (χ4v) is 4.38. The van der Waals surface area contributed by atoms with E-state index in [1.54, 1.807) is 49.4 Å². The van der Waals surface area contributed by atoms with E-state index in [1.807, 2.05) is 6.07 Å². The smallest absolute Gasteiger partial charge is 0.344 e. The topological polar surface area (TPSA) is 138 Å². The summed E-state index contributed by atoms with van der Waals surface area (Å²) in [6, 6.07) is 23.8. The number of carbonyl (C=O) groups is 2. The van der Waals surface area contributed by atoms with Crippen LogP contribution < -0.4 is 13.8 Å². The average molecular weight is 565 g/mol. The molecule has 4 aromatic carbocycles. The van der Waals surface area contributed by atoms with Crippen LogP contribution in [-0.4, -0.2) is 26.5 Å². The minimum atomic E-state index is -1.99. The van der Waals surface area contributed by atoms with Gasteiger partial charge in [-0.05, 0) is 54.4 Å². The molecule has 11 heteroatoms. The first-order valence-corrected chi connectivity index (χ1v) is 12.9. The van der Waals surface area contributed by atoms with Gasteiger partial charge in [-0.3, -0.25) is 5.26 Å². The number of aromatic carboxylic acids is 1. The van der Waals surface area contributed by atoms with Gasteiger partial charge in [0.05, 0.1) is 16.0 Å². The van der Waals surface area contributed by atoms with Crippen molar-refractivity contribution >= 4 is 23.0 Å². The quantitative estimate of drug-likeness (QED) is 0.0980. The van der Waals surface area contributed by atoms with Gasteiger partial charge in [-0.2, -0.15) is 4.89 Å². The molecule has 1 unspecified atom stereocenters. The van der Waals surface area contributed by atoms with Gasteiger partial charge >= 0.3 is 11.9 Å². The summed E-state index contributed by atoms with van der Waals surface area (Å²) in [7, 11) is 0. The summed E-state index contributed by atoms with van der Waals surface area (Å²) >= 11 is -1.99. The highest BCUT2D eigenvalue weighted by atomic mass is 32.2. The average Bonchev–Trinajstić information content (AvgIpc) is 2.94. The number of ether oxygens (including phenoxy) is 1. The minimum Gasteiger partial charge on any atom is -0.478 e. The summed E-state index contributed by atoms with van der Waals surface area (Å²) in [5, 5.41) is 18.1. The lowest BCUT2D eigenvalue weighted by molar-refractivity contribution is -0.253. The zero-order valence-corrected chi connectivity index (χ0v) is 22.0. The van der Waals surface area contributed by atoms with Crippen molar-refractivity contribution in [3.8, 4) is 17.2 Å². The zero-order chi connectivity index (χ0) is 28.5. The normalized spacial score (nSPS) is 11.4. The van der Waals surface area contributed by atoms with Crippen LogP contribution in [0.15, 0.2) is 95.9 Å². The van der Waals surface area contributed by atoms with Crippen molar-refractivity contribution < 1.29 is 47.7 Å². The second-order valence-corrected chi connectivity index (χ2v) is 9.51. The van der Waals surface area contributed by atoms with E-state index in [2.05, 4.69) is 4.89 Å². The van der Waals surface area contributed by atoms with Crippen molar-refractivity contribution in [2.75, 3.05) is 0 Å². The number of rotatable bonds is 12. The number of aryl methyl sites for hydroxylation is 1. The Morgan fingerprint density at radius 2 is 1.48 bits per heavy atom. The second kappa shape index (κ2) is 13.5. The van der Waals surface area contributed by atoms with Gasteiger partial charge in [0.15, 0.2) is 5.75 Å². The molecule has 0 aliphatic heterocycles. The van der Waals surface area contributed by atoms with Crippen LogP contribution in [0.1, 0.15) is 37.4 Å². The summed E-state index contributed by atoms with van der Waals surface area (Å²) in [4.78, 5) is 39.2. The fourth-order valence-electron chi connectivity index (χ4n) is 3.60. The lowest BCUT2D eigenvalue weighted by Gasteiger charge is -2.11. The van der Waals surface area contributed by atoms with E-state index >= 15 is 0 Å². The SMILES string of the molecule is Cc1ccc(C(=O)Oc2cccc(S(=O)Oc3cccc(OOCc4ccccc4COO)c3)c2)c(C(=O)O)c1. The number of carboxylic acids is 1. The first kappa shape index (κ1) is 28.5. The molecule has 0 aliphatic carbocycles. The molecule has 0 aromatic heterocycles. The van der Waals surface area contributed by atoms with Crippen molar-refractivity contribution in [3.63, 3.8) is 0 Å². The molecule has 0 bridgehead atoms. The van der Waals surface area contributed by atoms with Gasteiger partial charge in [-0.15, -0.1) is 0 Å². The molecule has 0 radical (unpaired) electrons. The number of esters is 1. The van der Waals surface area contributed by atoms with Crippen LogP contribution in [0.2, 0.25) is 0 Å². The van der Waals surface area contributed by atoms with Crippen molar-refractivity contribution in [3.05, 3.63) is 119 Å². The van der Waals surface area contributed by atoms with Gasteiger partial charge in [-0.1, -0.05) is 48.0 Å². The molecule has 1 atom stereocenters. The molecule has 2 N–H and O–H groups in total. The van der Waals surface area contributed by atoms with E-state index in [-0.39, 0.29) is 40.7 Å². The van der Waals surface area contributed by atoms with Gasteiger partial charge in [0, 0.05) is 12.1 Å². The van der Waals surface area contributed by atoms with E-state index in [0.29, 0.717) is 11.3 Å². The Morgan fingerprint density at radius 1 is 0.775 bits per heavy atom. The third-order valence-electron chi connectivity index (χ3n) is 5.52. The maximum absolute atomic E-state index is 12.9. The van der Waals surface area contributed by atoms with Crippen molar-refractivity contribution in [2.45, 2.75) is 25.0 Å². The number of carboxylic acid groups (broad SMARTS) is 1. The molecule has 0 fully saturated rings. The van der Waals surface area contributed by atoms with Gasteiger partial charge in [0.25, 0.3) is 0 Å². The lowest BCUT2D eigenvalue weighted by Crippen LogP contribution is -2.14. The summed E-state index contributed by atoms with van der Waals surface area (Å²) in [6.07, 6.45) is 0. The molecule has 0 aliphatic rings. The molecule has 0 saturated carbocycles. The van der Waals surface area contributed by atoms with Crippen molar-refractivity contribution in [1.29, 1.82) is 0 Å². The Hall–Kier alpha value is -4.55. The van der Waals surface area contributed by atoms with E-state index in [1.165, 1.54) is 42.5 Å². The van der Waals surface area contributed by atoms with Crippen LogP contribution in [0.3, 0.4) is 0 Å². The molecular weight excluding hydrogens is 540 g/mol. The maximum atomic E-state index is 12.9. The van der Waals surface area contributed by atoms with Gasteiger partial charge in [-0.25, -0.2) is 18.7 Å². The number of hydrogen-bond acceptors (Lipinski definition) is 9. The molecule has 4 rings (SSSR count). The number of benzene rings is 4. The molecular formula is C29H24O10S. The Morgan fingerprint density at radius 3 is 2.23 bits per heavy atom. The van der Waals surface area contributed by atoms with Crippen LogP contribution in [0, 0.1) is 6.92 Å². The molecule has 0 spiro atoms. The summed E-state index contributed by atoms with van der Waals surface area (Å²) < 4.78 is 23.8. The van der Waals surface area contributed by atoms with Gasteiger partial charge in [0.2, 0.25) is 11.1 Å². The molecule has 206 valence electrons. The lowest BCUT2D eigenvalue weighted by atomic mass is 10.0. The van der Waals surface area contributed by atoms with Crippen LogP contribution in [0.4, 0.5) is 0 Å². The fraction of sp³-hybridized carbons (Fsp3) is 0.103. The molecule has 0 amide bonds. The van der Waals surface area contributed by atoms with E-state index in [9.17, 15) is 18.9 Å². The minimum absolute atomic E-state index is 0.00436. The van der Waals surface area contributed by atoms with Gasteiger partial charge < -0.3 is 18.9 Å². The number of carbonyl (C=O) groups excluding carboxylic acids is 1. The van der Waals surface area contributed by atoms with Crippen molar-refractivity contribution in [1.82, 2.24) is 0 Å². The summed E-state index contributed by atoms with van der Waals surface area (Å²) in [5.41, 5.74) is 1.89. The third-order valence-corrected chi connectivity index (χ3v) is 6.50. The largest absolute Gasteiger partial charge is 0.478 e. The summed E-state index contributed by atoms with van der Waals surface area (Å²) in [5.74, 6) is -1.54. The first-order chi connectivity index (χ1) is 19.3. The highest BCUT2D eigenvalue weighted by Crippen LogP contribution is 2.25. The van der Waals surface area contributed by atoms with Gasteiger partial charge in [0.1, 0.15) is 24.7 Å². The number of hydrogen-bond donors (Lipinski definition) is 2.